The molecule has 0 aliphatic carbocycles. The van der Waals surface area contributed by atoms with Crippen LogP contribution in [0.15, 0.2) is 6.33 Å². The van der Waals surface area contributed by atoms with E-state index in [1.54, 1.807) is 13.4 Å². The highest BCUT2D eigenvalue weighted by Crippen LogP contribution is 2.20. The first kappa shape index (κ1) is 12.5. The molecular weight excluding hydrogens is 220 g/mol. The third-order valence-corrected chi connectivity index (χ3v) is 2.95. The van der Waals surface area contributed by atoms with E-state index in [-0.39, 0.29) is 0 Å². The van der Waals surface area contributed by atoms with E-state index in [9.17, 15) is 0 Å². The van der Waals surface area contributed by atoms with Gasteiger partial charge in [0.25, 0.3) is 0 Å². The summed E-state index contributed by atoms with van der Waals surface area (Å²) in [6.45, 7) is 3.92. The number of hydrogen-bond donors (Lipinski definition) is 1. The topological polar surface area (TPSA) is 61.2 Å². The number of ether oxygens (including phenoxy) is 2. The van der Waals surface area contributed by atoms with Crippen molar-refractivity contribution in [1.29, 1.82) is 0 Å². The third kappa shape index (κ3) is 3.49. The van der Waals surface area contributed by atoms with Crippen LogP contribution in [0.2, 0.25) is 0 Å². The molecule has 17 heavy (non-hydrogen) atoms. The molecule has 0 spiro atoms. The quantitative estimate of drug-likeness (QED) is 0.728. The number of methoxy groups -OCH3 is 1. The summed E-state index contributed by atoms with van der Waals surface area (Å²) in [4.78, 5) is 4.30. The van der Waals surface area contributed by atoms with Crippen LogP contribution in [0.4, 0.5) is 0 Å². The highest BCUT2D eigenvalue weighted by molar-refractivity contribution is 4.88. The minimum Gasteiger partial charge on any atom is -0.383 e. The van der Waals surface area contributed by atoms with Crippen molar-refractivity contribution in [3.63, 3.8) is 0 Å². The summed E-state index contributed by atoms with van der Waals surface area (Å²) in [6, 6.07) is 0.436. The van der Waals surface area contributed by atoms with Crippen LogP contribution in [0.3, 0.4) is 0 Å². The Morgan fingerprint density at radius 2 is 2.35 bits per heavy atom. The molecule has 1 fully saturated rings. The molecule has 1 saturated heterocycles. The predicted molar refractivity (Wildman–Crippen MR) is 62.7 cm³/mol. The summed E-state index contributed by atoms with van der Waals surface area (Å²) in [5, 5.41) is 7.61. The van der Waals surface area contributed by atoms with E-state index < -0.39 is 0 Å². The Hall–Kier alpha value is -0.980. The molecule has 0 amide bonds. The van der Waals surface area contributed by atoms with Crippen LogP contribution in [-0.4, -0.2) is 48.2 Å². The monoisotopic (exact) mass is 240 g/mol. The average molecular weight is 240 g/mol. The van der Waals surface area contributed by atoms with E-state index in [0.717, 1.165) is 45.0 Å². The Kier molecular flexibility index (Phi) is 4.90. The van der Waals surface area contributed by atoms with Crippen LogP contribution in [0.1, 0.15) is 24.7 Å². The molecule has 0 unspecified atom stereocenters. The third-order valence-electron chi connectivity index (χ3n) is 2.95. The van der Waals surface area contributed by atoms with Gasteiger partial charge in [-0.25, -0.2) is 9.67 Å². The van der Waals surface area contributed by atoms with Crippen LogP contribution < -0.4 is 5.32 Å². The maximum absolute atomic E-state index is 5.36. The Labute approximate surface area is 101 Å². The number of rotatable bonds is 6. The lowest BCUT2D eigenvalue weighted by atomic mass is 10.1. The van der Waals surface area contributed by atoms with E-state index in [4.69, 9.17) is 9.47 Å². The van der Waals surface area contributed by atoms with Crippen molar-refractivity contribution < 1.29 is 9.47 Å². The maximum Gasteiger partial charge on any atom is 0.141 e. The van der Waals surface area contributed by atoms with Gasteiger partial charge in [-0.3, -0.25) is 0 Å². The fourth-order valence-electron chi connectivity index (χ4n) is 2.01. The molecule has 0 aromatic carbocycles. The molecule has 0 atom stereocenters. The minimum absolute atomic E-state index is 0.436. The lowest BCUT2D eigenvalue weighted by Crippen LogP contribution is -2.26. The van der Waals surface area contributed by atoms with Crippen molar-refractivity contribution in [3.05, 3.63) is 12.2 Å². The number of nitrogens with zero attached hydrogens (tertiary/aromatic N) is 3. The van der Waals surface area contributed by atoms with E-state index >= 15 is 0 Å². The van der Waals surface area contributed by atoms with Crippen LogP contribution in [0, 0.1) is 0 Å². The SMILES string of the molecule is COCCNCc1ncnn1C1CCOCC1. The molecule has 2 heterocycles. The van der Waals surface area contributed by atoms with Gasteiger partial charge in [0.2, 0.25) is 0 Å². The Morgan fingerprint density at radius 3 is 3.12 bits per heavy atom. The van der Waals surface area contributed by atoms with E-state index in [1.807, 2.05) is 4.68 Å². The Morgan fingerprint density at radius 1 is 1.53 bits per heavy atom. The molecule has 1 aliphatic heterocycles. The van der Waals surface area contributed by atoms with Crippen LogP contribution in [0.25, 0.3) is 0 Å². The Bertz CT molecular complexity index is 323. The molecule has 0 bridgehead atoms. The second-order valence-corrected chi connectivity index (χ2v) is 4.13. The summed E-state index contributed by atoms with van der Waals surface area (Å²) in [5.74, 6) is 0.994. The van der Waals surface area contributed by atoms with E-state index in [1.165, 1.54) is 0 Å². The zero-order chi connectivity index (χ0) is 11.9. The average Bonchev–Trinajstić information content (AvgIpc) is 2.84. The zero-order valence-corrected chi connectivity index (χ0v) is 10.3. The summed E-state index contributed by atoms with van der Waals surface area (Å²) in [7, 11) is 1.70. The van der Waals surface area contributed by atoms with Gasteiger partial charge in [0.05, 0.1) is 19.2 Å². The van der Waals surface area contributed by atoms with Crippen LogP contribution in [0.5, 0.6) is 0 Å². The van der Waals surface area contributed by atoms with E-state index in [2.05, 4.69) is 15.4 Å². The highest BCUT2D eigenvalue weighted by atomic mass is 16.5. The standard InChI is InChI=1S/C11H20N4O2/c1-16-7-4-12-8-11-13-9-14-15(11)10-2-5-17-6-3-10/h9-10,12H,2-8H2,1H3. The predicted octanol–water partition coefficient (Wildman–Crippen LogP) is 0.366. The molecule has 0 saturated carbocycles. The fraction of sp³-hybridized carbons (Fsp3) is 0.818. The zero-order valence-electron chi connectivity index (χ0n) is 10.3. The van der Waals surface area contributed by atoms with Crippen molar-refractivity contribution >= 4 is 0 Å². The van der Waals surface area contributed by atoms with E-state index in [0.29, 0.717) is 12.6 Å². The summed E-state index contributed by atoms with van der Waals surface area (Å²) >= 11 is 0. The molecule has 2 rings (SSSR count). The molecule has 1 aromatic rings. The minimum atomic E-state index is 0.436. The normalized spacial score (nSPS) is 17.5. The number of hydrogen-bond acceptors (Lipinski definition) is 5. The van der Waals surface area contributed by atoms with Gasteiger partial charge in [0.15, 0.2) is 0 Å². The summed E-state index contributed by atoms with van der Waals surface area (Å²) in [6.07, 6.45) is 3.67. The lowest BCUT2D eigenvalue weighted by Gasteiger charge is -2.23. The maximum atomic E-state index is 5.36. The van der Waals surface area contributed by atoms with Crippen LogP contribution in [-0.2, 0) is 16.0 Å². The summed E-state index contributed by atoms with van der Waals surface area (Å²) < 4.78 is 12.4. The number of aromatic nitrogens is 3. The smallest absolute Gasteiger partial charge is 0.141 e. The van der Waals surface area contributed by atoms with Gasteiger partial charge in [-0.05, 0) is 12.8 Å². The largest absolute Gasteiger partial charge is 0.383 e. The molecule has 1 aliphatic rings. The molecule has 6 heteroatoms. The fourth-order valence-corrected chi connectivity index (χ4v) is 2.01. The van der Waals surface area contributed by atoms with Gasteiger partial charge in [-0.1, -0.05) is 0 Å². The second-order valence-electron chi connectivity index (χ2n) is 4.13. The van der Waals surface area contributed by atoms with Gasteiger partial charge in [-0.15, -0.1) is 0 Å². The molecule has 96 valence electrons. The first-order chi connectivity index (χ1) is 8.42. The van der Waals surface area contributed by atoms with Gasteiger partial charge >= 0.3 is 0 Å². The van der Waals surface area contributed by atoms with Crippen molar-refractivity contribution in [1.82, 2.24) is 20.1 Å². The first-order valence-electron chi connectivity index (χ1n) is 6.07. The van der Waals surface area contributed by atoms with Gasteiger partial charge in [0, 0.05) is 26.9 Å². The lowest BCUT2D eigenvalue weighted by molar-refractivity contribution is 0.0651. The first-order valence-corrected chi connectivity index (χ1v) is 6.07. The number of nitrogens with one attached hydrogen (secondary N) is 1. The molecule has 6 nitrogen and oxygen atoms in total. The highest BCUT2D eigenvalue weighted by Gasteiger charge is 2.18. The van der Waals surface area contributed by atoms with Crippen LogP contribution >= 0.6 is 0 Å². The van der Waals surface area contributed by atoms with Gasteiger partial charge in [0.1, 0.15) is 12.2 Å². The van der Waals surface area contributed by atoms with Gasteiger partial charge in [-0.2, -0.15) is 5.10 Å². The Balaban J connectivity index is 1.87. The summed E-state index contributed by atoms with van der Waals surface area (Å²) in [5.41, 5.74) is 0. The molecule has 0 radical (unpaired) electrons. The molecular formula is C11H20N4O2. The van der Waals surface area contributed by atoms with Crippen molar-refractivity contribution in [2.75, 3.05) is 33.5 Å². The van der Waals surface area contributed by atoms with Crippen molar-refractivity contribution in [2.24, 2.45) is 0 Å². The van der Waals surface area contributed by atoms with Crippen molar-refractivity contribution in [2.45, 2.75) is 25.4 Å². The molecule has 1 aromatic heterocycles. The van der Waals surface area contributed by atoms with Gasteiger partial charge < -0.3 is 14.8 Å². The van der Waals surface area contributed by atoms with Crippen molar-refractivity contribution in [3.8, 4) is 0 Å². The second kappa shape index (κ2) is 6.68. The molecule has 1 N–H and O–H groups in total.